The minimum Gasteiger partial charge on any atom is -0.494 e. The van der Waals surface area contributed by atoms with Gasteiger partial charge in [0.05, 0.1) is 61.5 Å². The molecule has 0 aliphatic carbocycles. The highest BCUT2D eigenvalue weighted by Gasteiger charge is 2.26. The van der Waals surface area contributed by atoms with Gasteiger partial charge in [0.25, 0.3) is 5.69 Å². The summed E-state index contributed by atoms with van der Waals surface area (Å²) in [6.45, 7) is 1.41. The lowest BCUT2D eigenvalue weighted by molar-refractivity contribution is -0.395. The smallest absolute Gasteiger partial charge is 0.307 e. The zero-order chi connectivity index (χ0) is 31.4. The van der Waals surface area contributed by atoms with Crippen molar-refractivity contribution in [3.63, 3.8) is 0 Å². The molecule has 18 heteroatoms. The number of carbonyl (C=O) groups excluding carboxylic acids is 3. The third-order valence-corrected chi connectivity index (χ3v) is 6.08. The Labute approximate surface area is 242 Å². The fourth-order valence-electron chi connectivity index (χ4n) is 3.50. The molecule has 0 aliphatic heterocycles. The molecule has 42 heavy (non-hydrogen) atoms. The zero-order valence-electron chi connectivity index (χ0n) is 22.8. The molecular formula is C24H25N7O10S. The zero-order valence-corrected chi connectivity index (χ0v) is 23.6. The van der Waals surface area contributed by atoms with Gasteiger partial charge in [0.15, 0.2) is 5.69 Å². The summed E-state index contributed by atoms with van der Waals surface area (Å²) in [5.41, 5.74) is -1.38. The molecule has 2 aromatic rings. The molecule has 1 N–H and O–H groups in total. The van der Waals surface area contributed by atoms with E-state index in [-0.39, 0.29) is 48.0 Å². The largest absolute Gasteiger partial charge is 0.494 e. The molecule has 0 saturated heterocycles. The number of methoxy groups -OCH3 is 3. The number of nitro groups is 2. The summed E-state index contributed by atoms with van der Waals surface area (Å²) in [5.74, 6) is -1.36. The predicted molar refractivity (Wildman–Crippen MR) is 148 cm³/mol. The van der Waals surface area contributed by atoms with Gasteiger partial charge in [-0.3, -0.25) is 34.6 Å². The van der Waals surface area contributed by atoms with Crippen LogP contribution in [0.25, 0.3) is 0 Å². The summed E-state index contributed by atoms with van der Waals surface area (Å²) in [5, 5.41) is 44.2. The number of nitro benzene ring substituents is 2. The summed E-state index contributed by atoms with van der Waals surface area (Å²) >= 11 is 0.417. The number of benzene rings is 2. The number of anilines is 2. The summed E-state index contributed by atoms with van der Waals surface area (Å²) in [4.78, 5) is 58.3. The quantitative estimate of drug-likeness (QED) is 0.0789. The molecule has 2 aromatic carbocycles. The van der Waals surface area contributed by atoms with Crippen molar-refractivity contribution in [3.8, 4) is 11.2 Å². The Bertz CT molecular complexity index is 1440. The van der Waals surface area contributed by atoms with Gasteiger partial charge in [-0.05, 0) is 23.9 Å². The van der Waals surface area contributed by atoms with Crippen LogP contribution in [0.4, 0.5) is 34.1 Å². The van der Waals surface area contributed by atoms with Gasteiger partial charge in [0.1, 0.15) is 21.7 Å². The van der Waals surface area contributed by atoms with Crippen LogP contribution in [-0.4, -0.2) is 62.1 Å². The number of thiocyanates is 1. The molecule has 0 fully saturated rings. The molecule has 0 spiro atoms. The Balaban J connectivity index is 2.69. The van der Waals surface area contributed by atoms with E-state index in [0.717, 1.165) is 6.07 Å². The van der Waals surface area contributed by atoms with E-state index < -0.39 is 44.8 Å². The second-order valence-electron chi connectivity index (χ2n) is 8.08. The van der Waals surface area contributed by atoms with Crippen LogP contribution in [0.5, 0.6) is 5.75 Å². The Morgan fingerprint density at radius 2 is 1.52 bits per heavy atom. The van der Waals surface area contributed by atoms with Crippen LogP contribution in [0.15, 0.2) is 39.4 Å². The van der Waals surface area contributed by atoms with Crippen molar-refractivity contribution >= 4 is 63.7 Å². The maximum Gasteiger partial charge on any atom is 0.307 e. The monoisotopic (exact) mass is 603 g/mol. The normalized spacial score (nSPS) is 10.5. The summed E-state index contributed by atoms with van der Waals surface area (Å²) in [6, 6.07) is 4.46. The Morgan fingerprint density at radius 3 is 2.00 bits per heavy atom. The van der Waals surface area contributed by atoms with Crippen molar-refractivity contribution < 1.29 is 38.4 Å². The van der Waals surface area contributed by atoms with E-state index in [1.807, 2.05) is 0 Å². The van der Waals surface area contributed by atoms with Gasteiger partial charge >= 0.3 is 17.6 Å². The number of hydrogen-bond donors (Lipinski definition) is 1. The van der Waals surface area contributed by atoms with Gasteiger partial charge in [-0.25, -0.2) is 0 Å². The second-order valence-corrected chi connectivity index (χ2v) is 8.90. The average molecular weight is 604 g/mol. The van der Waals surface area contributed by atoms with Gasteiger partial charge in [-0.1, -0.05) is 0 Å². The van der Waals surface area contributed by atoms with E-state index in [1.54, 1.807) is 10.3 Å². The summed E-state index contributed by atoms with van der Waals surface area (Å²) in [6.07, 6.45) is -0.102. The lowest BCUT2D eigenvalue weighted by Gasteiger charge is -2.27. The molecule has 1 amide bonds. The first-order chi connectivity index (χ1) is 19.9. The number of thioether (sulfide) groups is 1. The molecule has 2 rings (SSSR count). The predicted octanol–water partition coefficient (Wildman–Crippen LogP) is 4.39. The van der Waals surface area contributed by atoms with E-state index >= 15 is 0 Å². The van der Waals surface area contributed by atoms with Crippen LogP contribution in [0.2, 0.25) is 0 Å². The van der Waals surface area contributed by atoms with Crippen LogP contribution < -0.4 is 15.0 Å². The maximum atomic E-state index is 12.0. The van der Waals surface area contributed by atoms with Crippen LogP contribution in [0, 0.1) is 30.9 Å². The fraction of sp³-hybridized carbons (Fsp3) is 0.333. The first-order valence-electron chi connectivity index (χ1n) is 11.8. The first kappa shape index (κ1) is 32.9. The summed E-state index contributed by atoms with van der Waals surface area (Å²) < 4.78 is 14.9. The average Bonchev–Trinajstić information content (AvgIpc) is 2.95. The molecule has 0 aliphatic rings. The van der Waals surface area contributed by atoms with Crippen LogP contribution in [0.1, 0.15) is 19.8 Å². The Hall–Kier alpha value is -5.31. The van der Waals surface area contributed by atoms with Crippen molar-refractivity contribution in [2.24, 2.45) is 10.2 Å². The second kappa shape index (κ2) is 15.5. The first-order valence-corrected chi connectivity index (χ1v) is 12.6. The molecule has 0 aromatic heterocycles. The van der Waals surface area contributed by atoms with Crippen molar-refractivity contribution in [1.82, 2.24) is 0 Å². The number of nitrogens with zero attached hydrogens (tertiary/aromatic N) is 6. The van der Waals surface area contributed by atoms with Crippen molar-refractivity contribution in [3.05, 3.63) is 44.5 Å². The topological polar surface area (TPSA) is 229 Å². The van der Waals surface area contributed by atoms with E-state index in [0.29, 0.717) is 23.5 Å². The van der Waals surface area contributed by atoms with Gasteiger partial charge in [0.2, 0.25) is 5.91 Å². The minimum absolute atomic E-state index is 0.0196. The molecule has 0 saturated carbocycles. The van der Waals surface area contributed by atoms with Crippen molar-refractivity contribution in [2.45, 2.75) is 24.7 Å². The lowest BCUT2D eigenvalue weighted by Crippen LogP contribution is -2.29. The number of ether oxygens (including phenoxy) is 3. The molecule has 0 heterocycles. The highest BCUT2D eigenvalue weighted by molar-refractivity contribution is 8.03. The third-order valence-electron chi connectivity index (χ3n) is 5.45. The van der Waals surface area contributed by atoms with Gasteiger partial charge in [-0.2, -0.15) is 5.26 Å². The minimum atomic E-state index is -0.888. The molecule has 0 bridgehead atoms. The van der Waals surface area contributed by atoms with Gasteiger partial charge in [0, 0.05) is 26.1 Å². The van der Waals surface area contributed by atoms with E-state index in [9.17, 15) is 34.6 Å². The number of amides is 1. The SMILES string of the molecule is COC(=O)CCN(CCC(=O)OC)c1cc(NC(C)=O)c(N=Nc2cc(SC#N)c([N+](=O)[O-])cc2[N+](=O)[O-])cc1OC. The van der Waals surface area contributed by atoms with Gasteiger partial charge in [-0.15, -0.1) is 10.2 Å². The number of esters is 2. The molecule has 0 radical (unpaired) electrons. The number of nitrogens with one attached hydrogen (secondary N) is 1. The number of rotatable bonds is 14. The summed E-state index contributed by atoms with van der Waals surface area (Å²) in [7, 11) is 3.80. The number of hydrogen-bond acceptors (Lipinski definition) is 15. The molecular weight excluding hydrogens is 578 g/mol. The van der Waals surface area contributed by atoms with Crippen LogP contribution >= 0.6 is 11.8 Å². The maximum absolute atomic E-state index is 12.0. The molecule has 0 atom stereocenters. The van der Waals surface area contributed by atoms with Crippen molar-refractivity contribution in [1.29, 1.82) is 5.26 Å². The number of carbonyl (C=O) groups is 3. The Morgan fingerprint density at radius 1 is 0.952 bits per heavy atom. The third kappa shape index (κ3) is 8.85. The lowest BCUT2D eigenvalue weighted by atomic mass is 10.1. The fourth-order valence-corrected chi connectivity index (χ4v) is 4.01. The number of nitriles is 1. The van der Waals surface area contributed by atoms with E-state index in [1.165, 1.54) is 40.4 Å². The highest BCUT2D eigenvalue weighted by Crippen LogP contribution is 2.42. The highest BCUT2D eigenvalue weighted by atomic mass is 32.2. The molecule has 222 valence electrons. The Kier molecular flexibility index (Phi) is 12.1. The van der Waals surface area contributed by atoms with Gasteiger partial charge < -0.3 is 24.4 Å². The van der Waals surface area contributed by atoms with E-state index in [4.69, 9.17) is 19.5 Å². The van der Waals surface area contributed by atoms with Crippen LogP contribution in [-0.2, 0) is 23.9 Å². The number of azo groups is 1. The standard InChI is InChI=1S/C24H25N7O10S/c1-14(32)26-15-9-19(29(7-5-23(33)40-3)8-6-24(34)41-4)21(39-2)10-16(15)27-28-17-11-22(42-13-25)20(31(37)38)12-18(17)30(35)36/h9-12H,5-8H2,1-4H3,(H,26,32). The van der Waals surface area contributed by atoms with Crippen molar-refractivity contribution in [2.75, 3.05) is 44.6 Å². The molecule has 0 unspecified atom stereocenters. The van der Waals surface area contributed by atoms with Crippen LogP contribution in [0.3, 0.4) is 0 Å². The van der Waals surface area contributed by atoms with E-state index in [2.05, 4.69) is 15.5 Å². The molecule has 17 nitrogen and oxygen atoms in total.